The highest BCUT2D eigenvalue weighted by molar-refractivity contribution is 6.33. The van der Waals surface area contributed by atoms with Crippen molar-refractivity contribution in [2.75, 3.05) is 5.32 Å². The number of hydrogen-bond acceptors (Lipinski definition) is 2. The van der Waals surface area contributed by atoms with Crippen molar-refractivity contribution in [3.8, 4) is 5.75 Å². The molecule has 0 unspecified atom stereocenters. The molecule has 0 aliphatic rings. The van der Waals surface area contributed by atoms with Crippen molar-refractivity contribution in [3.05, 3.63) is 23.2 Å². The molecule has 2 N–H and O–H groups in total. The van der Waals surface area contributed by atoms with Crippen LogP contribution in [0.1, 0.15) is 0 Å². The minimum Gasteiger partial charge on any atom is -0.465 e. The highest BCUT2D eigenvalue weighted by Crippen LogP contribution is 2.30. The maximum atomic E-state index is 11.8. The second kappa shape index (κ2) is 4.48. The molecule has 0 radical (unpaired) electrons. The topological polar surface area (TPSA) is 58.6 Å². The summed E-state index contributed by atoms with van der Waals surface area (Å²) >= 11 is 5.55. The van der Waals surface area contributed by atoms with Crippen LogP contribution in [-0.2, 0) is 0 Å². The van der Waals surface area contributed by atoms with E-state index in [1.165, 1.54) is 0 Å². The Balaban J connectivity index is 2.93. The molecule has 0 aromatic heterocycles. The van der Waals surface area contributed by atoms with Crippen LogP contribution in [0.15, 0.2) is 18.2 Å². The zero-order valence-electron chi connectivity index (χ0n) is 7.51. The molecule has 1 aromatic carbocycles. The molecule has 88 valence electrons. The number of carbonyl (C=O) groups is 1. The van der Waals surface area contributed by atoms with Crippen molar-refractivity contribution in [2.24, 2.45) is 0 Å². The summed E-state index contributed by atoms with van der Waals surface area (Å²) in [4.78, 5) is 10.3. The second-order valence-electron chi connectivity index (χ2n) is 2.62. The lowest BCUT2D eigenvalue weighted by atomic mass is 10.3. The summed E-state index contributed by atoms with van der Waals surface area (Å²) < 4.78 is 39.1. The smallest absolute Gasteiger partial charge is 0.465 e. The summed E-state index contributed by atoms with van der Waals surface area (Å²) in [6, 6.07) is 2.90. The Bertz CT molecular complexity index is 408. The van der Waals surface area contributed by atoms with Gasteiger partial charge in [-0.05, 0) is 12.1 Å². The van der Waals surface area contributed by atoms with E-state index in [0.29, 0.717) is 0 Å². The van der Waals surface area contributed by atoms with Gasteiger partial charge >= 0.3 is 12.5 Å². The third kappa shape index (κ3) is 3.85. The van der Waals surface area contributed by atoms with Crippen LogP contribution in [0.2, 0.25) is 5.02 Å². The molecule has 8 heteroatoms. The Morgan fingerprint density at radius 2 is 2.06 bits per heavy atom. The lowest BCUT2D eigenvalue weighted by Gasteiger charge is -2.10. The number of hydrogen-bond donors (Lipinski definition) is 2. The highest BCUT2D eigenvalue weighted by atomic mass is 35.5. The molecule has 4 nitrogen and oxygen atoms in total. The molecule has 0 heterocycles. The van der Waals surface area contributed by atoms with Crippen LogP contribution in [0.4, 0.5) is 23.7 Å². The predicted octanol–water partition coefficient (Wildman–Crippen LogP) is 3.33. The number of rotatable bonds is 2. The monoisotopic (exact) mass is 255 g/mol. The van der Waals surface area contributed by atoms with Crippen molar-refractivity contribution in [3.63, 3.8) is 0 Å². The molecule has 0 aliphatic carbocycles. The first kappa shape index (κ1) is 12.4. The normalized spacial score (nSPS) is 11.0. The van der Waals surface area contributed by atoms with Crippen LogP contribution >= 0.6 is 11.6 Å². The van der Waals surface area contributed by atoms with Gasteiger partial charge in [-0.3, -0.25) is 5.32 Å². The molecule has 0 atom stereocenters. The summed E-state index contributed by atoms with van der Waals surface area (Å²) in [5.41, 5.74) is -0.184. The Kier molecular flexibility index (Phi) is 3.48. The lowest BCUT2D eigenvalue weighted by molar-refractivity contribution is -0.274. The number of carboxylic acid groups (broad SMARTS) is 1. The molecule has 0 fully saturated rings. The SMILES string of the molecule is O=C(O)Nc1cc(OC(F)(F)F)ccc1Cl. The fraction of sp³-hybridized carbons (Fsp3) is 0.125. The third-order valence-corrected chi connectivity index (χ3v) is 1.74. The van der Waals surface area contributed by atoms with Crippen molar-refractivity contribution in [1.82, 2.24) is 0 Å². The van der Waals surface area contributed by atoms with Crippen LogP contribution in [0.5, 0.6) is 5.75 Å². The molecule has 1 aromatic rings. The fourth-order valence-corrected chi connectivity index (χ4v) is 1.08. The van der Waals surface area contributed by atoms with Gasteiger partial charge in [0.1, 0.15) is 5.75 Å². The maximum Gasteiger partial charge on any atom is 0.573 e. The highest BCUT2D eigenvalue weighted by Gasteiger charge is 2.31. The van der Waals surface area contributed by atoms with E-state index in [1.807, 2.05) is 5.32 Å². The summed E-state index contributed by atoms with van der Waals surface area (Å²) in [6.45, 7) is 0. The van der Waals surface area contributed by atoms with E-state index in [1.54, 1.807) is 0 Å². The first-order chi connectivity index (χ1) is 7.28. The largest absolute Gasteiger partial charge is 0.573 e. The third-order valence-electron chi connectivity index (χ3n) is 1.41. The van der Waals surface area contributed by atoms with Gasteiger partial charge in [0.25, 0.3) is 0 Å². The average Bonchev–Trinajstić information content (AvgIpc) is 2.07. The minimum absolute atomic E-state index is 0.0306. The first-order valence-corrected chi connectivity index (χ1v) is 4.21. The van der Waals surface area contributed by atoms with Crippen molar-refractivity contribution >= 4 is 23.4 Å². The Morgan fingerprint density at radius 3 is 2.56 bits per heavy atom. The number of amides is 1. The Morgan fingerprint density at radius 1 is 1.44 bits per heavy atom. The van der Waals surface area contributed by atoms with E-state index in [9.17, 15) is 18.0 Å². The van der Waals surface area contributed by atoms with Crippen LogP contribution in [0.3, 0.4) is 0 Å². The molecule has 1 rings (SSSR count). The number of alkyl halides is 3. The summed E-state index contributed by atoms with van der Waals surface area (Å²) in [7, 11) is 0. The molecular formula is C8H5ClF3NO3. The Hall–Kier alpha value is -1.63. The molecule has 0 spiro atoms. The number of ether oxygens (including phenoxy) is 1. The lowest BCUT2D eigenvalue weighted by Crippen LogP contribution is -2.17. The van der Waals surface area contributed by atoms with E-state index in [4.69, 9.17) is 16.7 Å². The van der Waals surface area contributed by atoms with Gasteiger partial charge in [0, 0.05) is 6.07 Å². The van der Waals surface area contributed by atoms with Gasteiger partial charge in [0.05, 0.1) is 10.7 Å². The van der Waals surface area contributed by atoms with Crippen molar-refractivity contribution in [1.29, 1.82) is 0 Å². The second-order valence-corrected chi connectivity index (χ2v) is 3.03. The molecule has 1 amide bonds. The van der Waals surface area contributed by atoms with Crippen LogP contribution in [0.25, 0.3) is 0 Å². The average molecular weight is 256 g/mol. The number of anilines is 1. The van der Waals surface area contributed by atoms with Gasteiger partial charge in [-0.1, -0.05) is 11.6 Å². The molecule has 0 saturated heterocycles. The van der Waals surface area contributed by atoms with Gasteiger partial charge in [-0.2, -0.15) is 0 Å². The molecule has 0 bridgehead atoms. The summed E-state index contributed by atoms with van der Waals surface area (Å²) in [5.74, 6) is -0.555. The van der Waals surface area contributed by atoms with Gasteiger partial charge in [0.2, 0.25) is 0 Å². The fourth-order valence-electron chi connectivity index (χ4n) is 0.913. The zero-order chi connectivity index (χ0) is 12.3. The van der Waals surface area contributed by atoms with Crippen LogP contribution < -0.4 is 10.1 Å². The van der Waals surface area contributed by atoms with Gasteiger partial charge in [0.15, 0.2) is 0 Å². The quantitative estimate of drug-likeness (QED) is 0.852. The molecule has 0 aliphatic heterocycles. The van der Waals surface area contributed by atoms with Crippen LogP contribution in [-0.4, -0.2) is 17.6 Å². The standard InChI is InChI=1S/C8H5ClF3NO3/c9-5-2-1-4(16-8(10,11)12)3-6(5)13-7(14)15/h1-3,13H,(H,14,15). The first-order valence-electron chi connectivity index (χ1n) is 3.83. The number of halogens is 4. The summed E-state index contributed by atoms with van der Waals surface area (Å²) in [6.07, 6.45) is -6.28. The van der Waals surface area contributed by atoms with E-state index < -0.39 is 18.2 Å². The molecule has 0 saturated carbocycles. The van der Waals surface area contributed by atoms with Crippen LogP contribution in [0, 0.1) is 0 Å². The van der Waals surface area contributed by atoms with E-state index in [0.717, 1.165) is 18.2 Å². The van der Waals surface area contributed by atoms with Crippen molar-refractivity contribution < 1.29 is 27.8 Å². The van der Waals surface area contributed by atoms with Gasteiger partial charge in [-0.25, -0.2) is 4.79 Å². The zero-order valence-corrected chi connectivity index (χ0v) is 8.26. The Labute approximate surface area is 92.6 Å². The number of benzene rings is 1. The molecular weight excluding hydrogens is 251 g/mol. The van der Waals surface area contributed by atoms with E-state index in [-0.39, 0.29) is 10.7 Å². The van der Waals surface area contributed by atoms with Crippen molar-refractivity contribution in [2.45, 2.75) is 6.36 Å². The van der Waals surface area contributed by atoms with E-state index in [2.05, 4.69) is 4.74 Å². The maximum absolute atomic E-state index is 11.8. The predicted molar refractivity (Wildman–Crippen MR) is 49.8 cm³/mol. The number of nitrogens with one attached hydrogen (secondary N) is 1. The van der Waals surface area contributed by atoms with Gasteiger partial charge < -0.3 is 9.84 Å². The minimum atomic E-state index is -4.84. The van der Waals surface area contributed by atoms with E-state index >= 15 is 0 Å². The molecule has 16 heavy (non-hydrogen) atoms. The summed E-state index contributed by atoms with van der Waals surface area (Å²) in [5, 5.41) is 10.2. The van der Waals surface area contributed by atoms with Gasteiger partial charge in [-0.15, -0.1) is 13.2 Å².